The van der Waals surface area contributed by atoms with E-state index in [9.17, 15) is 0 Å². The van der Waals surface area contributed by atoms with Crippen LogP contribution in [0, 0.1) is 13.8 Å². The van der Waals surface area contributed by atoms with Gasteiger partial charge in [0.05, 0.1) is 5.69 Å². The highest BCUT2D eigenvalue weighted by molar-refractivity contribution is 5.25. The number of nitrogens with zero attached hydrogens (tertiary/aromatic N) is 2. The minimum atomic E-state index is 0.0328. The highest BCUT2D eigenvalue weighted by atomic mass is 15.3. The molecule has 3 heteroatoms. The zero-order chi connectivity index (χ0) is 12.4. The second kappa shape index (κ2) is 4.72. The second-order valence-corrected chi connectivity index (χ2v) is 4.62. The predicted octanol–water partition coefficient (Wildman–Crippen LogP) is 2.28. The highest BCUT2D eigenvalue weighted by Gasteiger charge is 2.10. The van der Waals surface area contributed by atoms with Gasteiger partial charge in [-0.05, 0) is 25.5 Å². The van der Waals surface area contributed by atoms with Crippen LogP contribution >= 0.6 is 0 Å². The molecule has 1 aromatic heterocycles. The summed E-state index contributed by atoms with van der Waals surface area (Å²) in [5.41, 5.74) is 10.9. The van der Waals surface area contributed by atoms with Gasteiger partial charge in [0.25, 0.3) is 0 Å². The molecule has 1 unspecified atom stereocenters. The van der Waals surface area contributed by atoms with Crippen molar-refractivity contribution in [2.75, 3.05) is 0 Å². The average molecular weight is 229 g/mol. The maximum atomic E-state index is 6.21. The molecule has 17 heavy (non-hydrogen) atoms. The van der Waals surface area contributed by atoms with E-state index in [4.69, 9.17) is 5.73 Å². The Hall–Kier alpha value is -1.61. The Morgan fingerprint density at radius 1 is 1.24 bits per heavy atom. The first-order chi connectivity index (χ1) is 8.06. The maximum Gasteiger partial charge on any atom is 0.0596 e. The zero-order valence-corrected chi connectivity index (χ0v) is 10.6. The van der Waals surface area contributed by atoms with Crippen molar-refractivity contribution < 1.29 is 0 Å². The predicted molar refractivity (Wildman–Crippen MR) is 69.8 cm³/mol. The number of aryl methyl sites for hydroxylation is 3. The van der Waals surface area contributed by atoms with Gasteiger partial charge in [0.15, 0.2) is 0 Å². The molecule has 1 aromatic carbocycles. The number of hydrogen-bond donors (Lipinski definition) is 1. The van der Waals surface area contributed by atoms with E-state index < -0.39 is 0 Å². The summed E-state index contributed by atoms with van der Waals surface area (Å²) < 4.78 is 1.91. The Kier molecular flexibility index (Phi) is 3.29. The summed E-state index contributed by atoms with van der Waals surface area (Å²) in [5.74, 6) is 0. The Balaban J connectivity index is 2.13. The van der Waals surface area contributed by atoms with Crippen LogP contribution in [0.25, 0.3) is 0 Å². The Bertz CT molecular complexity index is 497. The number of hydrogen-bond acceptors (Lipinski definition) is 2. The van der Waals surface area contributed by atoms with Crippen molar-refractivity contribution in [3.8, 4) is 0 Å². The van der Waals surface area contributed by atoms with Crippen LogP contribution in [0.5, 0.6) is 0 Å². The summed E-state index contributed by atoms with van der Waals surface area (Å²) >= 11 is 0. The number of benzene rings is 1. The van der Waals surface area contributed by atoms with Crippen molar-refractivity contribution in [2.45, 2.75) is 26.3 Å². The summed E-state index contributed by atoms with van der Waals surface area (Å²) in [4.78, 5) is 0. The number of aromatic nitrogens is 2. The summed E-state index contributed by atoms with van der Waals surface area (Å²) in [6.07, 6.45) is 0.820. The van der Waals surface area contributed by atoms with Crippen molar-refractivity contribution in [3.63, 3.8) is 0 Å². The van der Waals surface area contributed by atoms with Crippen LogP contribution in [-0.2, 0) is 13.5 Å². The topological polar surface area (TPSA) is 43.8 Å². The standard InChI is InChI=1S/C14H19N3/c1-10-4-6-12(7-5-10)14(15)9-13-8-11(2)16-17(13)3/h4-8,14H,9,15H2,1-3H3. The fraction of sp³-hybridized carbons (Fsp3) is 0.357. The van der Waals surface area contributed by atoms with Crippen LogP contribution in [0.4, 0.5) is 0 Å². The molecule has 0 saturated carbocycles. The molecule has 0 fully saturated rings. The molecular formula is C14H19N3. The lowest BCUT2D eigenvalue weighted by atomic mass is 10.0. The van der Waals surface area contributed by atoms with E-state index in [2.05, 4.69) is 42.4 Å². The monoisotopic (exact) mass is 229 g/mol. The van der Waals surface area contributed by atoms with Crippen LogP contribution in [0.15, 0.2) is 30.3 Å². The van der Waals surface area contributed by atoms with Crippen molar-refractivity contribution in [2.24, 2.45) is 12.8 Å². The molecule has 90 valence electrons. The molecule has 2 rings (SSSR count). The van der Waals surface area contributed by atoms with Crippen molar-refractivity contribution in [3.05, 3.63) is 52.8 Å². The van der Waals surface area contributed by atoms with Gasteiger partial charge in [-0.1, -0.05) is 29.8 Å². The summed E-state index contributed by atoms with van der Waals surface area (Å²) in [6.45, 7) is 4.08. The third-order valence-electron chi connectivity index (χ3n) is 3.03. The molecular weight excluding hydrogens is 210 g/mol. The Morgan fingerprint density at radius 2 is 1.88 bits per heavy atom. The summed E-state index contributed by atoms with van der Waals surface area (Å²) in [6, 6.07) is 10.5. The molecule has 1 heterocycles. The van der Waals surface area contributed by atoms with Gasteiger partial charge in [-0.3, -0.25) is 4.68 Å². The van der Waals surface area contributed by atoms with E-state index in [-0.39, 0.29) is 6.04 Å². The zero-order valence-electron chi connectivity index (χ0n) is 10.6. The van der Waals surface area contributed by atoms with E-state index >= 15 is 0 Å². The van der Waals surface area contributed by atoms with Gasteiger partial charge < -0.3 is 5.73 Å². The Labute approximate surface area is 102 Å². The molecule has 0 amide bonds. The van der Waals surface area contributed by atoms with Crippen LogP contribution in [0.3, 0.4) is 0 Å². The molecule has 0 radical (unpaired) electrons. The largest absolute Gasteiger partial charge is 0.324 e. The first kappa shape index (κ1) is 11.9. The smallest absolute Gasteiger partial charge is 0.0596 e. The Morgan fingerprint density at radius 3 is 2.41 bits per heavy atom. The molecule has 3 nitrogen and oxygen atoms in total. The van der Waals surface area contributed by atoms with E-state index in [1.165, 1.54) is 16.8 Å². The molecule has 0 aliphatic heterocycles. The average Bonchev–Trinajstić information content (AvgIpc) is 2.58. The molecule has 0 spiro atoms. The highest BCUT2D eigenvalue weighted by Crippen LogP contribution is 2.16. The van der Waals surface area contributed by atoms with Crippen LogP contribution < -0.4 is 5.73 Å². The summed E-state index contributed by atoms with van der Waals surface area (Å²) in [7, 11) is 1.96. The minimum absolute atomic E-state index is 0.0328. The SMILES string of the molecule is Cc1ccc(C(N)Cc2cc(C)nn2C)cc1. The van der Waals surface area contributed by atoms with Gasteiger partial charge in [0.1, 0.15) is 0 Å². The lowest BCUT2D eigenvalue weighted by molar-refractivity contribution is 0.639. The van der Waals surface area contributed by atoms with E-state index in [1.54, 1.807) is 0 Å². The van der Waals surface area contributed by atoms with Crippen LogP contribution in [0.2, 0.25) is 0 Å². The van der Waals surface area contributed by atoms with Gasteiger partial charge >= 0.3 is 0 Å². The molecule has 0 aliphatic rings. The molecule has 0 aliphatic carbocycles. The number of nitrogens with two attached hydrogens (primary N) is 1. The fourth-order valence-corrected chi connectivity index (χ4v) is 2.01. The van der Waals surface area contributed by atoms with Gasteiger partial charge in [-0.15, -0.1) is 0 Å². The first-order valence-corrected chi connectivity index (χ1v) is 5.88. The molecule has 2 N–H and O–H groups in total. The normalized spacial score (nSPS) is 12.7. The van der Waals surface area contributed by atoms with Crippen molar-refractivity contribution in [1.29, 1.82) is 0 Å². The molecule has 0 saturated heterocycles. The quantitative estimate of drug-likeness (QED) is 0.877. The van der Waals surface area contributed by atoms with Crippen molar-refractivity contribution >= 4 is 0 Å². The van der Waals surface area contributed by atoms with Gasteiger partial charge in [0.2, 0.25) is 0 Å². The van der Waals surface area contributed by atoms with Gasteiger partial charge in [0, 0.05) is 25.2 Å². The minimum Gasteiger partial charge on any atom is -0.324 e. The third-order valence-corrected chi connectivity index (χ3v) is 3.03. The van der Waals surface area contributed by atoms with Crippen LogP contribution in [0.1, 0.15) is 28.6 Å². The molecule has 2 aromatic rings. The second-order valence-electron chi connectivity index (χ2n) is 4.62. The summed E-state index contributed by atoms with van der Waals surface area (Å²) in [5, 5.41) is 4.33. The lowest BCUT2D eigenvalue weighted by Gasteiger charge is -2.12. The van der Waals surface area contributed by atoms with E-state index in [1.807, 2.05) is 18.7 Å². The lowest BCUT2D eigenvalue weighted by Crippen LogP contribution is -2.15. The fourth-order valence-electron chi connectivity index (χ4n) is 2.01. The van der Waals surface area contributed by atoms with E-state index in [0.29, 0.717) is 0 Å². The molecule has 0 bridgehead atoms. The molecule has 1 atom stereocenters. The number of rotatable bonds is 3. The first-order valence-electron chi connectivity index (χ1n) is 5.88. The van der Waals surface area contributed by atoms with Gasteiger partial charge in [-0.25, -0.2) is 0 Å². The van der Waals surface area contributed by atoms with Crippen molar-refractivity contribution in [1.82, 2.24) is 9.78 Å². The van der Waals surface area contributed by atoms with Gasteiger partial charge in [-0.2, -0.15) is 5.10 Å². The maximum absolute atomic E-state index is 6.21. The third kappa shape index (κ3) is 2.74. The van der Waals surface area contributed by atoms with E-state index in [0.717, 1.165) is 12.1 Å². The van der Waals surface area contributed by atoms with Crippen LogP contribution in [-0.4, -0.2) is 9.78 Å².